The summed E-state index contributed by atoms with van der Waals surface area (Å²) in [6, 6.07) is 1.71. The smallest absolute Gasteiger partial charge is 0.203 e. The summed E-state index contributed by atoms with van der Waals surface area (Å²) in [5.74, 6) is 4.62. The Bertz CT molecular complexity index is 553. The number of nitrogens with zero attached hydrogens (tertiary/aromatic N) is 2. The highest BCUT2D eigenvalue weighted by molar-refractivity contribution is 5.00. The Morgan fingerprint density at radius 3 is 2.35 bits per heavy atom. The first kappa shape index (κ1) is 23.5. The van der Waals surface area contributed by atoms with Crippen LogP contribution in [0.2, 0.25) is 0 Å². The van der Waals surface area contributed by atoms with Gasteiger partial charge in [-0.3, -0.25) is 15.0 Å². The monoisotopic (exact) mass is 432 g/mol. The molecule has 0 aromatic carbocycles. The van der Waals surface area contributed by atoms with Gasteiger partial charge in [-0.1, -0.05) is 51.9 Å². The molecular weight excluding hydrogens is 384 g/mol. The van der Waals surface area contributed by atoms with Gasteiger partial charge in [-0.15, -0.1) is 0 Å². The quantitative estimate of drug-likeness (QED) is 0.222. The molecule has 4 nitrogen and oxygen atoms in total. The second kappa shape index (κ2) is 11.5. The molecule has 4 unspecified atom stereocenters. The summed E-state index contributed by atoms with van der Waals surface area (Å²) < 4.78 is 0. The Morgan fingerprint density at radius 1 is 0.839 bits per heavy atom. The van der Waals surface area contributed by atoms with Crippen LogP contribution in [-0.2, 0) is 0 Å². The van der Waals surface area contributed by atoms with E-state index < -0.39 is 0 Å². The summed E-state index contributed by atoms with van der Waals surface area (Å²) in [4.78, 5) is 13.5. The molecule has 4 heteroatoms. The van der Waals surface area contributed by atoms with Gasteiger partial charge in [0, 0.05) is 30.0 Å². The molecule has 0 bridgehead atoms. The Balaban J connectivity index is 1.34. The first-order valence-corrected chi connectivity index (χ1v) is 14.0. The van der Waals surface area contributed by atoms with Gasteiger partial charge in [-0.2, -0.15) is 0 Å². The van der Waals surface area contributed by atoms with Crippen LogP contribution in [0.3, 0.4) is 0 Å². The van der Waals surface area contributed by atoms with Gasteiger partial charge >= 0.3 is 0 Å². The second-order valence-electron chi connectivity index (χ2n) is 11.9. The molecule has 3 aliphatic carbocycles. The van der Waals surface area contributed by atoms with Crippen molar-refractivity contribution in [2.75, 3.05) is 13.1 Å². The highest BCUT2D eigenvalue weighted by Gasteiger charge is 2.46. The van der Waals surface area contributed by atoms with E-state index in [4.69, 9.17) is 0 Å². The summed E-state index contributed by atoms with van der Waals surface area (Å²) in [5.41, 5.74) is 0. The van der Waals surface area contributed by atoms with E-state index in [0.29, 0.717) is 0 Å². The lowest BCUT2D eigenvalue weighted by atomic mass is 9.71. The molecule has 178 valence electrons. The predicted octanol–water partition coefficient (Wildman–Crippen LogP) is 7.09. The Hall–Kier alpha value is -0.640. The number of fused-ring (bicyclic) bond motifs is 1. The van der Waals surface area contributed by atoms with Gasteiger partial charge in [0.25, 0.3) is 0 Å². The minimum atomic E-state index is -0.141. The van der Waals surface area contributed by atoms with E-state index in [1.807, 2.05) is 0 Å². The molecule has 1 heterocycles. The predicted molar refractivity (Wildman–Crippen MR) is 128 cm³/mol. The minimum absolute atomic E-state index is 0.141. The number of nitro groups is 1. The van der Waals surface area contributed by atoms with Gasteiger partial charge in [0.05, 0.1) is 0 Å². The first-order chi connectivity index (χ1) is 15.1. The fourth-order valence-corrected chi connectivity index (χ4v) is 7.90. The van der Waals surface area contributed by atoms with Crippen molar-refractivity contribution >= 4 is 0 Å². The fourth-order valence-electron chi connectivity index (χ4n) is 7.90. The van der Waals surface area contributed by atoms with E-state index in [9.17, 15) is 10.1 Å². The summed E-state index contributed by atoms with van der Waals surface area (Å²) in [5, 5.41) is 10.7. The first-order valence-electron chi connectivity index (χ1n) is 14.0. The SMILES string of the molecule is CC1CCC(N2CC(CCC3CCCCC3)C3CC(CCCC[N+](=O)[O-])CCC32)CC1. The van der Waals surface area contributed by atoms with E-state index in [1.165, 1.54) is 103 Å². The van der Waals surface area contributed by atoms with E-state index in [0.717, 1.165) is 54.5 Å². The van der Waals surface area contributed by atoms with E-state index >= 15 is 0 Å². The third-order valence-electron chi connectivity index (χ3n) is 9.78. The topological polar surface area (TPSA) is 46.4 Å². The molecule has 0 N–H and O–H groups in total. The molecule has 4 atom stereocenters. The van der Waals surface area contributed by atoms with Gasteiger partial charge < -0.3 is 0 Å². The van der Waals surface area contributed by atoms with E-state index in [-0.39, 0.29) is 11.5 Å². The van der Waals surface area contributed by atoms with Gasteiger partial charge in [0.2, 0.25) is 6.54 Å². The van der Waals surface area contributed by atoms with Gasteiger partial charge in [0.15, 0.2) is 0 Å². The van der Waals surface area contributed by atoms with Gasteiger partial charge in [-0.25, -0.2) is 0 Å². The number of likely N-dealkylation sites (tertiary alicyclic amines) is 1. The average Bonchev–Trinajstić information content (AvgIpc) is 3.14. The zero-order chi connectivity index (χ0) is 21.6. The maximum atomic E-state index is 10.7. The number of hydrogen-bond donors (Lipinski definition) is 0. The second-order valence-corrected chi connectivity index (χ2v) is 11.9. The van der Waals surface area contributed by atoms with Crippen molar-refractivity contribution in [3.63, 3.8) is 0 Å². The molecule has 31 heavy (non-hydrogen) atoms. The van der Waals surface area contributed by atoms with Crippen LogP contribution in [0.1, 0.15) is 116 Å². The Morgan fingerprint density at radius 2 is 1.61 bits per heavy atom. The molecule has 0 radical (unpaired) electrons. The number of hydrogen-bond acceptors (Lipinski definition) is 3. The van der Waals surface area contributed by atoms with Crippen molar-refractivity contribution < 1.29 is 4.92 Å². The lowest BCUT2D eigenvalue weighted by Gasteiger charge is -2.41. The van der Waals surface area contributed by atoms with Crippen LogP contribution >= 0.6 is 0 Å². The van der Waals surface area contributed by atoms with Gasteiger partial charge in [0.1, 0.15) is 0 Å². The Labute approximate surface area is 191 Å². The summed E-state index contributed by atoms with van der Waals surface area (Å²) >= 11 is 0. The molecule has 4 aliphatic rings. The summed E-state index contributed by atoms with van der Waals surface area (Å²) in [6.07, 6.45) is 23.3. The van der Waals surface area contributed by atoms with E-state index in [1.54, 1.807) is 0 Å². The van der Waals surface area contributed by atoms with E-state index in [2.05, 4.69) is 11.8 Å². The maximum Gasteiger partial charge on any atom is 0.203 e. The van der Waals surface area contributed by atoms with Crippen molar-refractivity contribution in [3.8, 4) is 0 Å². The maximum absolute atomic E-state index is 10.7. The standard InChI is InChI=1S/C27H48N2O2/c1-21-10-15-25(16-11-21)28-20-24(14-12-22-7-3-2-4-8-22)26-19-23(13-17-27(26)28)9-5-6-18-29(30)31/h21-27H,2-20H2,1H3. The Kier molecular flexibility index (Phi) is 8.71. The number of unbranched alkanes of at least 4 members (excludes halogenated alkanes) is 1. The molecule has 1 saturated heterocycles. The zero-order valence-electron chi connectivity index (χ0n) is 20.2. The highest BCUT2D eigenvalue weighted by Crippen LogP contribution is 2.48. The van der Waals surface area contributed by atoms with Crippen LogP contribution in [0.4, 0.5) is 0 Å². The third-order valence-corrected chi connectivity index (χ3v) is 9.78. The van der Waals surface area contributed by atoms with Crippen LogP contribution in [0.25, 0.3) is 0 Å². The highest BCUT2D eigenvalue weighted by atomic mass is 16.6. The molecule has 0 amide bonds. The lowest BCUT2D eigenvalue weighted by Crippen LogP contribution is -2.44. The van der Waals surface area contributed by atoms with Crippen molar-refractivity contribution in [2.24, 2.45) is 29.6 Å². The summed E-state index contributed by atoms with van der Waals surface area (Å²) in [6.45, 7) is 3.99. The largest absolute Gasteiger partial charge is 0.297 e. The molecular formula is C27H48N2O2. The molecule has 0 aromatic heterocycles. The molecule has 0 spiro atoms. The zero-order valence-corrected chi connectivity index (χ0v) is 20.2. The summed E-state index contributed by atoms with van der Waals surface area (Å²) in [7, 11) is 0. The van der Waals surface area contributed by atoms with Crippen LogP contribution in [-0.4, -0.2) is 35.0 Å². The lowest BCUT2D eigenvalue weighted by molar-refractivity contribution is -0.480. The third kappa shape index (κ3) is 6.45. The van der Waals surface area contributed by atoms with Gasteiger partial charge in [-0.05, 0) is 87.4 Å². The molecule has 1 aliphatic heterocycles. The normalized spacial score (nSPS) is 37.6. The van der Waals surface area contributed by atoms with Crippen molar-refractivity contribution in [2.45, 2.75) is 128 Å². The molecule has 0 aromatic rings. The molecule has 3 saturated carbocycles. The van der Waals surface area contributed by atoms with Crippen LogP contribution in [0.5, 0.6) is 0 Å². The number of rotatable bonds is 9. The van der Waals surface area contributed by atoms with Crippen molar-refractivity contribution in [1.29, 1.82) is 0 Å². The van der Waals surface area contributed by atoms with Crippen LogP contribution < -0.4 is 0 Å². The minimum Gasteiger partial charge on any atom is -0.297 e. The molecule has 4 rings (SSSR count). The molecule has 4 fully saturated rings. The average molecular weight is 433 g/mol. The van der Waals surface area contributed by atoms with Crippen LogP contribution in [0, 0.1) is 39.7 Å². The fraction of sp³-hybridized carbons (Fsp3) is 1.00. The van der Waals surface area contributed by atoms with Crippen LogP contribution in [0.15, 0.2) is 0 Å². The van der Waals surface area contributed by atoms with Crippen molar-refractivity contribution in [1.82, 2.24) is 4.90 Å². The van der Waals surface area contributed by atoms with Crippen molar-refractivity contribution in [3.05, 3.63) is 10.1 Å².